The van der Waals surface area contributed by atoms with Crippen LogP contribution in [0.15, 0.2) is 24.3 Å². The van der Waals surface area contributed by atoms with Gasteiger partial charge in [-0.05, 0) is 29.9 Å². The molecule has 2 N–H and O–H groups in total. The summed E-state index contributed by atoms with van der Waals surface area (Å²) >= 11 is 3.93. The highest BCUT2D eigenvalue weighted by Crippen LogP contribution is 2.04. The lowest BCUT2D eigenvalue weighted by atomic mass is 10.1. The topological polar surface area (TPSA) is 66.4 Å². The lowest BCUT2D eigenvalue weighted by Crippen LogP contribution is -2.41. The van der Waals surface area contributed by atoms with Crippen molar-refractivity contribution in [2.75, 3.05) is 5.75 Å². The van der Waals surface area contributed by atoms with Crippen molar-refractivity contribution >= 4 is 24.5 Å². The predicted molar refractivity (Wildman–Crippen MR) is 68.1 cm³/mol. The van der Waals surface area contributed by atoms with Crippen LogP contribution in [0.1, 0.15) is 12.0 Å². The van der Waals surface area contributed by atoms with Gasteiger partial charge in [0.25, 0.3) is 0 Å². The van der Waals surface area contributed by atoms with E-state index in [4.69, 9.17) is 5.11 Å². The van der Waals surface area contributed by atoms with Crippen molar-refractivity contribution < 1.29 is 19.1 Å². The second kappa shape index (κ2) is 7.00. The Morgan fingerprint density at radius 2 is 1.94 bits per heavy atom. The van der Waals surface area contributed by atoms with Crippen molar-refractivity contribution in [1.82, 2.24) is 5.32 Å². The van der Waals surface area contributed by atoms with Crippen LogP contribution < -0.4 is 5.32 Å². The molecule has 1 unspecified atom stereocenters. The number of carbonyl (C=O) groups is 2. The van der Waals surface area contributed by atoms with Crippen LogP contribution in [0, 0.1) is 5.82 Å². The molecule has 1 rings (SSSR count). The Labute approximate surface area is 110 Å². The fourth-order valence-corrected chi connectivity index (χ4v) is 1.68. The van der Waals surface area contributed by atoms with Crippen molar-refractivity contribution in [3.63, 3.8) is 0 Å². The molecule has 0 aliphatic carbocycles. The van der Waals surface area contributed by atoms with E-state index in [0.717, 1.165) is 0 Å². The first kappa shape index (κ1) is 14.5. The minimum absolute atomic E-state index is 0.0244. The maximum atomic E-state index is 12.7. The summed E-state index contributed by atoms with van der Waals surface area (Å²) in [6, 6.07) is 4.55. The largest absolute Gasteiger partial charge is 0.480 e. The highest BCUT2D eigenvalue weighted by molar-refractivity contribution is 7.80. The van der Waals surface area contributed by atoms with E-state index < -0.39 is 17.9 Å². The number of halogens is 1. The number of amides is 1. The zero-order valence-electron chi connectivity index (χ0n) is 9.60. The second-order valence-corrected chi connectivity index (χ2v) is 4.22. The Morgan fingerprint density at radius 3 is 2.44 bits per heavy atom. The lowest BCUT2D eigenvalue weighted by Gasteiger charge is -2.13. The van der Waals surface area contributed by atoms with Gasteiger partial charge in [0.15, 0.2) is 0 Å². The number of carboxylic acid groups (broad SMARTS) is 1. The van der Waals surface area contributed by atoms with Crippen molar-refractivity contribution in [3.05, 3.63) is 35.6 Å². The van der Waals surface area contributed by atoms with Crippen LogP contribution >= 0.6 is 12.6 Å². The molecule has 1 aromatic carbocycles. The van der Waals surface area contributed by atoms with Crippen LogP contribution in [-0.4, -0.2) is 28.8 Å². The third-order valence-electron chi connectivity index (χ3n) is 2.33. The molecular formula is C12H14FNO3S. The van der Waals surface area contributed by atoms with Crippen LogP contribution in [0.25, 0.3) is 0 Å². The van der Waals surface area contributed by atoms with E-state index in [1.165, 1.54) is 24.3 Å². The highest BCUT2D eigenvalue weighted by Gasteiger charge is 2.18. The standard InChI is InChI=1S/C12H14FNO3S/c13-9-3-1-8(2-4-9)7-11(15)14-10(5-6-18)12(16)17/h1-4,10,18H,5-7H2,(H,14,15)(H,16,17). The number of hydrogen-bond donors (Lipinski definition) is 3. The number of benzene rings is 1. The van der Waals surface area contributed by atoms with Gasteiger partial charge >= 0.3 is 5.97 Å². The molecule has 98 valence electrons. The number of rotatable bonds is 6. The molecule has 0 bridgehead atoms. The number of hydrogen-bond acceptors (Lipinski definition) is 3. The minimum Gasteiger partial charge on any atom is -0.480 e. The Kier molecular flexibility index (Phi) is 5.64. The van der Waals surface area contributed by atoms with Crippen LogP contribution in [-0.2, 0) is 16.0 Å². The quantitative estimate of drug-likeness (QED) is 0.682. The Morgan fingerprint density at radius 1 is 1.33 bits per heavy atom. The van der Waals surface area contributed by atoms with E-state index in [0.29, 0.717) is 11.3 Å². The molecule has 6 heteroatoms. The number of carbonyl (C=O) groups excluding carboxylic acids is 1. The van der Waals surface area contributed by atoms with Crippen LogP contribution in [0.3, 0.4) is 0 Å². The van der Waals surface area contributed by atoms with E-state index in [-0.39, 0.29) is 18.7 Å². The summed E-state index contributed by atoms with van der Waals surface area (Å²) in [6.45, 7) is 0. The molecule has 0 heterocycles. The second-order valence-electron chi connectivity index (χ2n) is 3.77. The van der Waals surface area contributed by atoms with Gasteiger partial charge in [-0.15, -0.1) is 0 Å². The molecule has 0 aliphatic heterocycles. The molecule has 0 aromatic heterocycles. The zero-order chi connectivity index (χ0) is 13.5. The number of aliphatic carboxylic acids is 1. The maximum absolute atomic E-state index is 12.7. The van der Waals surface area contributed by atoms with Crippen LogP contribution in [0.4, 0.5) is 4.39 Å². The summed E-state index contributed by atoms with van der Waals surface area (Å²) in [5, 5.41) is 11.3. The smallest absolute Gasteiger partial charge is 0.326 e. The summed E-state index contributed by atoms with van der Waals surface area (Å²) in [4.78, 5) is 22.4. The lowest BCUT2D eigenvalue weighted by molar-refractivity contribution is -0.141. The molecule has 1 amide bonds. The monoisotopic (exact) mass is 271 g/mol. The predicted octanol–water partition coefficient (Wildman–Crippen LogP) is 1.26. The SMILES string of the molecule is O=C(Cc1ccc(F)cc1)NC(CCS)C(=O)O. The molecule has 4 nitrogen and oxygen atoms in total. The van der Waals surface area contributed by atoms with Gasteiger partial charge in [-0.25, -0.2) is 9.18 Å². The fraction of sp³-hybridized carbons (Fsp3) is 0.333. The molecule has 1 aromatic rings. The zero-order valence-corrected chi connectivity index (χ0v) is 10.5. The van der Waals surface area contributed by atoms with Crippen molar-refractivity contribution in [2.45, 2.75) is 18.9 Å². The number of thiol groups is 1. The fourth-order valence-electron chi connectivity index (χ4n) is 1.42. The van der Waals surface area contributed by atoms with Gasteiger partial charge in [0.05, 0.1) is 6.42 Å². The van der Waals surface area contributed by atoms with Crippen LogP contribution in [0.5, 0.6) is 0 Å². The first-order chi connectivity index (χ1) is 8.52. The molecule has 0 saturated heterocycles. The van der Waals surface area contributed by atoms with Gasteiger partial charge in [0.2, 0.25) is 5.91 Å². The van der Waals surface area contributed by atoms with Gasteiger partial charge in [0, 0.05) is 0 Å². The summed E-state index contributed by atoms with van der Waals surface area (Å²) in [5.74, 6) is -1.50. The molecule has 1 atom stereocenters. The number of nitrogens with one attached hydrogen (secondary N) is 1. The van der Waals surface area contributed by atoms with E-state index in [9.17, 15) is 14.0 Å². The summed E-state index contributed by atoms with van der Waals surface area (Å²) in [7, 11) is 0. The molecule has 18 heavy (non-hydrogen) atoms. The van der Waals surface area contributed by atoms with E-state index in [1.807, 2.05) is 0 Å². The molecular weight excluding hydrogens is 257 g/mol. The summed E-state index contributed by atoms with van der Waals surface area (Å²) in [5.41, 5.74) is 0.629. The Bertz CT molecular complexity index is 422. The first-order valence-electron chi connectivity index (χ1n) is 5.40. The average Bonchev–Trinajstić information content (AvgIpc) is 2.31. The van der Waals surface area contributed by atoms with Gasteiger partial charge < -0.3 is 10.4 Å². The molecule has 0 saturated carbocycles. The normalized spacial score (nSPS) is 11.9. The Balaban J connectivity index is 2.54. The van der Waals surface area contributed by atoms with Gasteiger partial charge in [-0.2, -0.15) is 12.6 Å². The number of carboxylic acids is 1. The summed E-state index contributed by atoms with van der Waals surface area (Å²) < 4.78 is 12.7. The first-order valence-corrected chi connectivity index (χ1v) is 6.03. The van der Waals surface area contributed by atoms with Crippen LogP contribution in [0.2, 0.25) is 0 Å². The van der Waals surface area contributed by atoms with Gasteiger partial charge in [-0.3, -0.25) is 4.79 Å². The molecule has 0 radical (unpaired) electrons. The summed E-state index contributed by atoms with van der Waals surface area (Å²) in [6.07, 6.45) is 0.282. The van der Waals surface area contributed by atoms with Crippen molar-refractivity contribution in [1.29, 1.82) is 0 Å². The van der Waals surface area contributed by atoms with E-state index in [2.05, 4.69) is 17.9 Å². The third-order valence-corrected chi connectivity index (χ3v) is 2.59. The van der Waals surface area contributed by atoms with Gasteiger partial charge in [-0.1, -0.05) is 12.1 Å². The van der Waals surface area contributed by atoms with E-state index >= 15 is 0 Å². The molecule has 0 aliphatic rings. The highest BCUT2D eigenvalue weighted by atomic mass is 32.1. The van der Waals surface area contributed by atoms with E-state index in [1.54, 1.807) is 0 Å². The van der Waals surface area contributed by atoms with Crippen molar-refractivity contribution in [2.24, 2.45) is 0 Å². The molecule has 0 fully saturated rings. The Hall–Kier alpha value is -1.56. The van der Waals surface area contributed by atoms with Crippen molar-refractivity contribution in [3.8, 4) is 0 Å². The van der Waals surface area contributed by atoms with Gasteiger partial charge in [0.1, 0.15) is 11.9 Å². The minimum atomic E-state index is -1.09. The molecule has 0 spiro atoms. The third kappa shape index (κ3) is 4.75. The maximum Gasteiger partial charge on any atom is 0.326 e. The average molecular weight is 271 g/mol.